The molecule has 0 amide bonds. The molecule has 2 aromatic rings. The Morgan fingerprint density at radius 3 is 2.57 bits per heavy atom. The first-order valence-electron chi connectivity index (χ1n) is 5.58. The van der Waals surface area contributed by atoms with Crippen molar-refractivity contribution in [3.05, 3.63) is 47.5 Å². The van der Waals surface area contributed by atoms with Gasteiger partial charge in [0.05, 0.1) is 10.7 Å². The first kappa shape index (κ1) is 15.7. The molecule has 0 saturated carbocycles. The van der Waals surface area contributed by atoms with E-state index in [-0.39, 0.29) is 21.1 Å². The van der Waals surface area contributed by atoms with Crippen molar-refractivity contribution in [3.8, 4) is 0 Å². The molecular weight excluding hydrogens is 321 g/mol. The highest BCUT2D eigenvalue weighted by molar-refractivity contribution is 7.92. The third-order valence-electron chi connectivity index (χ3n) is 2.51. The van der Waals surface area contributed by atoms with Gasteiger partial charge in [0.15, 0.2) is 0 Å². The van der Waals surface area contributed by atoms with Crippen molar-refractivity contribution in [2.24, 2.45) is 0 Å². The van der Waals surface area contributed by atoms with Crippen molar-refractivity contribution in [1.82, 2.24) is 4.98 Å². The van der Waals surface area contributed by atoms with E-state index in [1.807, 2.05) is 0 Å². The van der Waals surface area contributed by atoms with Crippen molar-refractivity contribution in [3.63, 3.8) is 0 Å². The molecular formula is C11H9BClFN2O4S. The maximum absolute atomic E-state index is 13.0. The van der Waals surface area contributed by atoms with E-state index in [2.05, 4.69) is 9.71 Å². The molecule has 2 rings (SSSR count). The standard InChI is InChI=1S/C11H9BClFN2O4S/c13-10-4-8(1-2-11(10)14)16-21(19,20)9-3-7(12(17)18)5-15-6-9/h1-6,16-18H. The molecule has 110 valence electrons. The molecule has 0 unspecified atom stereocenters. The zero-order chi connectivity index (χ0) is 15.6. The fourth-order valence-corrected chi connectivity index (χ4v) is 2.72. The molecule has 3 N–H and O–H groups in total. The normalized spacial score (nSPS) is 11.2. The van der Waals surface area contributed by atoms with Crippen LogP contribution in [0.2, 0.25) is 5.02 Å². The number of rotatable bonds is 4. The number of hydrogen-bond donors (Lipinski definition) is 3. The molecule has 0 radical (unpaired) electrons. The second kappa shape index (κ2) is 5.98. The van der Waals surface area contributed by atoms with E-state index in [9.17, 15) is 12.8 Å². The predicted molar refractivity (Wildman–Crippen MR) is 76.3 cm³/mol. The maximum Gasteiger partial charge on any atom is 0.490 e. The van der Waals surface area contributed by atoms with Crippen LogP contribution in [-0.4, -0.2) is 30.6 Å². The number of sulfonamides is 1. The molecule has 0 fully saturated rings. The number of pyridine rings is 1. The van der Waals surface area contributed by atoms with Crippen molar-refractivity contribution < 1.29 is 22.9 Å². The van der Waals surface area contributed by atoms with Crippen LogP contribution in [-0.2, 0) is 10.0 Å². The zero-order valence-corrected chi connectivity index (χ0v) is 11.9. The summed E-state index contributed by atoms with van der Waals surface area (Å²) in [7, 11) is -5.85. The third kappa shape index (κ3) is 3.70. The lowest BCUT2D eigenvalue weighted by Crippen LogP contribution is -2.31. The zero-order valence-electron chi connectivity index (χ0n) is 10.4. The largest absolute Gasteiger partial charge is 0.490 e. The van der Waals surface area contributed by atoms with E-state index in [4.69, 9.17) is 21.6 Å². The van der Waals surface area contributed by atoms with Crippen LogP contribution in [0.25, 0.3) is 0 Å². The lowest BCUT2D eigenvalue weighted by molar-refractivity contribution is 0.425. The summed E-state index contributed by atoms with van der Waals surface area (Å²) in [5.41, 5.74) is -0.00800. The highest BCUT2D eigenvalue weighted by Gasteiger charge is 2.19. The smallest absolute Gasteiger partial charge is 0.423 e. The molecule has 0 aliphatic carbocycles. The summed E-state index contributed by atoms with van der Waals surface area (Å²) in [6, 6.07) is 4.40. The van der Waals surface area contributed by atoms with Crippen LogP contribution in [0.3, 0.4) is 0 Å². The molecule has 0 aliphatic heterocycles. The molecule has 1 aromatic heterocycles. The maximum atomic E-state index is 13.0. The van der Waals surface area contributed by atoms with Gasteiger partial charge in [0.2, 0.25) is 0 Å². The highest BCUT2D eigenvalue weighted by Crippen LogP contribution is 2.21. The van der Waals surface area contributed by atoms with Gasteiger partial charge in [-0.1, -0.05) is 11.6 Å². The first-order valence-corrected chi connectivity index (χ1v) is 7.44. The van der Waals surface area contributed by atoms with Gasteiger partial charge in [0.1, 0.15) is 10.7 Å². The number of nitrogens with one attached hydrogen (secondary N) is 1. The summed E-state index contributed by atoms with van der Waals surface area (Å²) in [5.74, 6) is -0.674. The number of halogens is 2. The Bertz CT molecular complexity index is 773. The lowest BCUT2D eigenvalue weighted by Gasteiger charge is -2.09. The monoisotopic (exact) mass is 330 g/mol. The van der Waals surface area contributed by atoms with E-state index in [0.717, 1.165) is 30.6 Å². The van der Waals surface area contributed by atoms with Crippen LogP contribution in [0, 0.1) is 5.82 Å². The van der Waals surface area contributed by atoms with E-state index >= 15 is 0 Å². The number of nitrogens with zero attached hydrogens (tertiary/aromatic N) is 1. The van der Waals surface area contributed by atoms with Gasteiger partial charge < -0.3 is 10.0 Å². The van der Waals surface area contributed by atoms with Crippen molar-refractivity contribution >= 4 is 39.9 Å². The van der Waals surface area contributed by atoms with Crippen LogP contribution in [0.5, 0.6) is 0 Å². The van der Waals surface area contributed by atoms with E-state index in [1.165, 1.54) is 6.07 Å². The van der Waals surface area contributed by atoms with Gasteiger partial charge in [-0.2, -0.15) is 0 Å². The Balaban J connectivity index is 2.33. The number of benzene rings is 1. The molecule has 0 saturated heterocycles. The fourth-order valence-electron chi connectivity index (χ4n) is 1.50. The van der Waals surface area contributed by atoms with E-state index in [1.54, 1.807) is 0 Å². The Morgan fingerprint density at radius 1 is 1.24 bits per heavy atom. The van der Waals surface area contributed by atoms with Gasteiger partial charge in [-0.15, -0.1) is 0 Å². The summed E-state index contributed by atoms with van der Waals surface area (Å²) in [6.45, 7) is 0. The Labute approximate surface area is 125 Å². The number of aromatic nitrogens is 1. The van der Waals surface area contributed by atoms with Gasteiger partial charge >= 0.3 is 7.12 Å². The minimum atomic E-state index is -4.01. The van der Waals surface area contributed by atoms with Crippen LogP contribution in [0.1, 0.15) is 0 Å². The Hall–Kier alpha value is -1.68. The van der Waals surface area contributed by atoms with Crippen LogP contribution in [0.15, 0.2) is 41.6 Å². The topological polar surface area (TPSA) is 99.5 Å². The summed E-state index contributed by atoms with van der Waals surface area (Å²) in [4.78, 5) is 3.35. The average Bonchev–Trinajstić information content (AvgIpc) is 2.43. The molecule has 6 nitrogen and oxygen atoms in total. The average molecular weight is 331 g/mol. The van der Waals surface area contributed by atoms with Gasteiger partial charge in [0.25, 0.3) is 10.0 Å². The minimum absolute atomic E-state index is 0.0661. The van der Waals surface area contributed by atoms with Gasteiger partial charge in [-0.25, -0.2) is 12.8 Å². The molecule has 10 heteroatoms. The molecule has 0 aliphatic rings. The lowest BCUT2D eigenvalue weighted by atomic mass is 9.82. The Kier molecular flexibility index (Phi) is 4.47. The quantitative estimate of drug-likeness (QED) is 0.703. The predicted octanol–water partition coefficient (Wildman–Crippen LogP) is 0.355. The van der Waals surface area contributed by atoms with Gasteiger partial charge in [-0.3, -0.25) is 9.71 Å². The summed E-state index contributed by atoms with van der Waals surface area (Å²) in [5, 5.41) is 17.8. The molecule has 0 spiro atoms. The fraction of sp³-hybridized carbons (Fsp3) is 0. The molecule has 0 atom stereocenters. The molecule has 21 heavy (non-hydrogen) atoms. The van der Waals surface area contributed by atoms with E-state index in [0.29, 0.717) is 0 Å². The molecule has 1 aromatic carbocycles. The van der Waals surface area contributed by atoms with Gasteiger partial charge in [-0.05, 0) is 24.3 Å². The van der Waals surface area contributed by atoms with Crippen molar-refractivity contribution in [1.29, 1.82) is 0 Å². The van der Waals surface area contributed by atoms with Crippen LogP contribution in [0.4, 0.5) is 10.1 Å². The minimum Gasteiger partial charge on any atom is -0.423 e. The second-order valence-electron chi connectivity index (χ2n) is 4.06. The first-order chi connectivity index (χ1) is 9.79. The van der Waals surface area contributed by atoms with Crippen molar-refractivity contribution in [2.75, 3.05) is 4.72 Å². The highest BCUT2D eigenvalue weighted by atomic mass is 35.5. The summed E-state index contributed by atoms with van der Waals surface area (Å²) < 4.78 is 39.5. The Morgan fingerprint density at radius 2 is 1.95 bits per heavy atom. The van der Waals surface area contributed by atoms with E-state index < -0.39 is 23.0 Å². The summed E-state index contributed by atoms with van der Waals surface area (Å²) >= 11 is 5.57. The summed E-state index contributed by atoms with van der Waals surface area (Å²) in [6.07, 6.45) is 2.16. The number of hydrogen-bond acceptors (Lipinski definition) is 5. The second-order valence-corrected chi connectivity index (χ2v) is 6.15. The van der Waals surface area contributed by atoms with Gasteiger partial charge in [0, 0.05) is 17.9 Å². The third-order valence-corrected chi connectivity index (χ3v) is 4.15. The SMILES string of the molecule is O=S(=O)(Nc1ccc(F)c(Cl)c1)c1cncc(B(O)O)c1. The van der Waals surface area contributed by atoms with Crippen molar-refractivity contribution in [2.45, 2.75) is 4.90 Å². The number of anilines is 1. The molecule has 1 heterocycles. The van der Waals surface area contributed by atoms with Crippen LogP contribution < -0.4 is 10.2 Å². The molecule has 0 bridgehead atoms. The van der Waals surface area contributed by atoms with Crippen LogP contribution >= 0.6 is 11.6 Å².